The summed E-state index contributed by atoms with van der Waals surface area (Å²) in [6, 6.07) is 10.3. The van der Waals surface area contributed by atoms with Crippen LogP contribution in [0, 0.1) is 5.92 Å². The van der Waals surface area contributed by atoms with Gasteiger partial charge in [0.1, 0.15) is 5.75 Å². The van der Waals surface area contributed by atoms with E-state index >= 15 is 0 Å². The number of carbonyl (C=O) groups is 1. The van der Waals surface area contributed by atoms with Crippen molar-refractivity contribution in [1.29, 1.82) is 0 Å². The topological polar surface area (TPSA) is 40.5 Å². The van der Waals surface area contributed by atoms with E-state index in [1.54, 1.807) is 25.1 Å². The highest BCUT2D eigenvalue weighted by Gasteiger charge is 2.41. The van der Waals surface area contributed by atoms with Crippen molar-refractivity contribution in [3.63, 3.8) is 0 Å². The molecule has 1 amide bonds. The van der Waals surface area contributed by atoms with Gasteiger partial charge in [-0.15, -0.1) is 11.8 Å². The number of alkyl halides is 3. The second-order valence-electron chi connectivity index (χ2n) is 8.57. The van der Waals surface area contributed by atoms with E-state index in [2.05, 4.69) is 0 Å². The van der Waals surface area contributed by atoms with E-state index in [0.717, 1.165) is 17.8 Å². The molecule has 0 radical (unpaired) electrons. The highest BCUT2D eigenvalue weighted by molar-refractivity contribution is 7.99. The number of hydrogen-bond donors (Lipinski definition) is 1. The van der Waals surface area contributed by atoms with Gasteiger partial charge in [-0.25, -0.2) is 0 Å². The van der Waals surface area contributed by atoms with Crippen LogP contribution >= 0.6 is 11.8 Å². The summed E-state index contributed by atoms with van der Waals surface area (Å²) in [6.07, 6.45) is -4.53. The van der Waals surface area contributed by atoms with Crippen LogP contribution in [0.5, 0.6) is 5.75 Å². The number of halogens is 3. The number of phenolic OH excluding ortho intramolecular Hbond substituents is 1. The number of aromatic hydroxyl groups is 1. The maximum absolute atomic E-state index is 13.8. The zero-order chi connectivity index (χ0) is 22.3. The van der Waals surface area contributed by atoms with E-state index < -0.39 is 22.9 Å². The van der Waals surface area contributed by atoms with Gasteiger partial charge < -0.3 is 14.5 Å². The van der Waals surface area contributed by atoms with Gasteiger partial charge >= 0.3 is 6.18 Å². The Hall–Kier alpha value is -2.19. The minimum Gasteiger partial charge on any atom is -0.508 e. The van der Waals surface area contributed by atoms with Crippen LogP contribution in [-0.4, -0.2) is 49.7 Å². The predicted molar refractivity (Wildman–Crippen MR) is 113 cm³/mol. The third-order valence-corrected chi connectivity index (χ3v) is 6.76. The van der Waals surface area contributed by atoms with E-state index in [0.29, 0.717) is 28.8 Å². The summed E-state index contributed by atoms with van der Waals surface area (Å²) in [6.45, 7) is 2.68. The van der Waals surface area contributed by atoms with Gasteiger partial charge in [-0.2, -0.15) is 13.2 Å². The molecule has 0 bridgehead atoms. The molecule has 0 aromatic heterocycles. The minimum atomic E-state index is -4.53. The van der Waals surface area contributed by atoms with Crippen LogP contribution in [0.2, 0.25) is 0 Å². The number of thioether (sulfide) groups is 1. The summed E-state index contributed by atoms with van der Waals surface area (Å²) in [4.78, 5) is 15.0. The molecule has 0 saturated heterocycles. The molecule has 2 unspecified atom stereocenters. The van der Waals surface area contributed by atoms with Crippen LogP contribution in [0.25, 0.3) is 0 Å². The fourth-order valence-electron chi connectivity index (χ4n) is 3.46. The Labute approximate surface area is 178 Å². The Balaban J connectivity index is 2.14. The summed E-state index contributed by atoms with van der Waals surface area (Å²) < 4.78 is 42.1. The fraction of sp³-hybridized carbons (Fsp3) is 0.409. The number of hydrogen-bond acceptors (Lipinski definition) is 3. The average Bonchev–Trinajstić information content (AvgIpc) is 2.75. The van der Waals surface area contributed by atoms with Crippen LogP contribution < -0.4 is 4.90 Å². The third kappa shape index (κ3) is 4.75. The molecule has 1 N–H and O–H groups in total. The first-order chi connectivity index (χ1) is 13.9. The molecule has 0 spiro atoms. The standard InChI is InChI=1S/C22H25F3N2O2S/c1-14-19(15-8-10-16(28)11-9-15)30-20-17(22(23,24)25)6-5-7-18(20)26(21(14)29)12-13-27(2,3)4/h5-11,14,19H,12-13H2,1-4H3/p+1. The van der Waals surface area contributed by atoms with Crippen molar-refractivity contribution < 1.29 is 27.6 Å². The summed E-state index contributed by atoms with van der Waals surface area (Å²) in [5.74, 6) is -0.676. The largest absolute Gasteiger partial charge is 0.508 e. The van der Waals surface area contributed by atoms with Gasteiger partial charge in [-0.1, -0.05) is 25.1 Å². The van der Waals surface area contributed by atoms with E-state index in [9.17, 15) is 23.1 Å². The lowest BCUT2D eigenvalue weighted by Gasteiger charge is -2.30. The molecule has 2 atom stereocenters. The first kappa shape index (κ1) is 22.5. The molecular formula is C22H26F3N2O2S+. The summed E-state index contributed by atoms with van der Waals surface area (Å²) >= 11 is 1.07. The lowest BCUT2D eigenvalue weighted by Crippen LogP contribution is -2.45. The van der Waals surface area contributed by atoms with Gasteiger partial charge in [-0.3, -0.25) is 4.79 Å². The molecule has 2 aromatic carbocycles. The van der Waals surface area contributed by atoms with Crippen molar-refractivity contribution in [3.8, 4) is 5.75 Å². The lowest BCUT2D eigenvalue weighted by molar-refractivity contribution is -0.868. The highest BCUT2D eigenvalue weighted by atomic mass is 32.2. The normalized spacial score (nSPS) is 20.1. The average molecular weight is 440 g/mol. The number of amides is 1. The number of likely N-dealkylation sites (N-methyl/N-ethyl adjacent to an activating group) is 1. The first-order valence-corrected chi connectivity index (χ1v) is 10.5. The first-order valence-electron chi connectivity index (χ1n) is 9.66. The van der Waals surface area contributed by atoms with Crippen LogP contribution in [0.1, 0.15) is 23.3 Å². The van der Waals surface area contributed by atoms with Crippen molar-refractivity contribution in [2.24, 2.45) is 5.92 Å². The molecule has 4 nitrogen and oxygen atoms in total. The van der Waals surface area contributed by atoms with Crippen molar-refractivity contribution in [1.82, 2.24) is 0 Å². The van der Waals surface area contributed by atoms with Crippen molar-refractivity contribution in [2.75, 3.05) is 39.1 Å². The van der Waals surface area contributed by atoms with E-state index in [1.165, 1.54) is 23.1 Å². The van der Waals surface area contributed by atoms with Crippen LogP contribution in [-0.2, 0) is 11.0 Å². The minimum absolute atomic E-state index is 0.0669. The van der Waals surface area contributed by atoms with E-state index in [1.807, 2.05) is 21.1 Å². The van der Waals surface area contributed by atoms with Gasteiger partial charge in [0.2, 0.25) is 5.91 Å². The Bertz CT molecular complexity index is 923. The monoisotopic (exact) mass is 439 g/mol. The molecular weight excluding hydrogens is 413 g/mol. The SMILES string of the molecule is CC1C(=O)N(CC[N+](C)(C)C)c2cccc(C(F)(F)F)c2SC1c1ccc(O)cc1. The predicted octanol–water partition coefficient (Wildman–Crippen LogP) is 4.93. The van der Waals surface area contributed by atoms with Crippen molar-refractivity contribution in [2.45, 2.75) is 23.2 Å². The highest BCUT2D eigenvalue weighted by Crippen LogP contribution is 2.52. The third-order valence-electron chi connectivity index (χ3n) is 5.16. The molecule has 1 heterocycles. The van der Waals surface area contributed by atoms with Gasteiger partial charge in [0, 0.05) is 10.1 Å². The number of nitrogens with zero attached hydrogens (tertiary/aromatic N) is 2. The second kappa shape index (κ2) is 8.15. The number of anilines is 1. The zero-order valence-electron chi connectivity index (χ0n) is 17.4. The van der Waals surface area contributed by atoms with Crippen LogP contribution in [0.15, 0.2) is 47.4 Å². The molecule has 8 heteroatoms. The Morgan fingerprint density at radius 2 is 1.73 bits per heavy atom. The second-order valence-corrected chi connectivity index (χ2v) is 9.73. The molecule has 162 valence electrons. The molecule has 0 fully saturated rings. The maximum atomic E-state index is 13.8. The maximum Gasteiger partial charge on any atom is 0.417 e. The molecule has 0 aliphatic carbocycles. The van der Waals surface area contributed by atoms with Crippen LogP contribution in [0.3, 0.4) is 0 Å². The summed E-state index contributed by atoms with van der Waals surface area (Å²) in [5.41, 5.74) is 0.280. The Morgan fingerprint density at radius 3 is 2.30 bits per heavy atom. The quantitative estimate of drug-likeness (QED) is 0.687. The summed E-state index contributed by atoms with van der Waals surface area (Å²) in [7, 11) is 5.94. The number of benzene rings is 2. The van der Waals surface area contributed by atoms with E-state index in [-0.39, 0.29) is 16.6 Å². The number of fused-ring (bicyclic) bond motifs is 1. The van der Waals surface area contributed by atoms with Gasteiger partial charge in [-0.05, 0) is 29.8 Å². The number of rotatable bonds is 4. The zero-order valence-corrected chi connectivity index (χ0v) is 18.2. The van der Waals surface area contributed by atoms with Crippen molar-refractivity contribution >= 4 is 23.4 Å². The van der Waals surface area contributed by atoms with Gasteiger partial charge in [0.05, 0.1) is 51.4 Å². The van der Waals surface area contributed by atoms with E-state index in [4.69, 9.17) is 0 Å². The smallest absolute Gasteiger partial charge is 0.417 e. The van der Waals surface area contributed by atoms with Crippen LogP contribution in [0.4, 0.5) is 18.9 Å². The number of quaternary nitrogens is 1. The Kier molecular flexibility index (Phi) is 6.11. The molecule has 1 aliphatic heterocycles. The number of carbonyl (C=O) groups excluding carboxylic acids is 1. The molecule has 2 aromatic rings. The fourth-order valence-corrected chi connectivity index (χ4v) is 4.94. The molecule has 30 heavy (non-hydrogen) atoms. The Morgan fingerprint density at radius 1 is 1.10 bits per heavy atom. The number of phenols is 1. The van der Waals surface area contributed by atoms with Gasteiger partial charge in [0.15, 0.2) is 0 Å². The van der Waals surface area contributed by atoms with Gasteiger partial charge in [0.25, 0.3) is 0 Å². The van der Waals surface area contributed by atoms with Crippen molar-refractivity contribution in [3.05, 3.63) is 53.6 Å². The molecule has 1 aliphatic rings. The lowest BCUT2D eigenvalue weighted by atomic mass is 9.98. The molecule has 3 rings (SSSR count). The summed E-state index contributed by atoms with van der Waals surface area (Å²) in [5, 5.41) is 9.09. The molecule has 0 saturated carbocycles.